The van der Waals surface area contributed by atoms with Crippen molar-refractivity contribution in [3.63, 3.8) is 0 Å². The Labute approximate surface area is 230 Å². The minimum Gasteiger partial charge on any atom is -1.00 e. The zero-order valence-electron chi connectivity index (χ0n) is 20.9. The first-order valence-electron chi connectivity index (χ1n) is 12.7. The molecule has 0 aromatic heterocycles. The Morgan fingerprint density at radius 3 is 1.86 bits per heavy atom. The summed E-state index contributed by atoms with van der Waals surface area (Å²) in [5.74, 6) is 0.000915. The number of hydrogen-bond donors (Lipinski definition) is 1. The van der Waals surface area contributed by atoms with Crippen molar-refractivity contribution in [2.75, 3.05) is 26.2 Å². The molecule has 0 spiro atoms. The van der Waals surface area contributed by atoms with Crippen LogP contribution in [0.2, 0.25) is 0 Å². The Kier molecular flexibility index (Phi) is 8.76. The fourth-order valence-corrected chi connectivity index (χ4v) is 11.9. The van der Waals surface area contributed by atoms with Crippen molar-refractivity contribution < 1.29 is 35.8 Å². The number of carbonyl (C=O) groups excluding carboxylic acids is 2. The Hall–Kier alpha value is -2.63. The summed E-state index contributed by atoms with van der Waals surface area (Å²) in [6.07, 6.45) is 2.55. The van der Waals surface area contributed by atoms with Crippen LogP contribution in [0.5, 0.6) is 0 Å². The molecule has 2 aliphatic rings. The van der Waals surface area contributed by atoms with Crippen LogP contribution < -0.4 is 38.2 Å². The van der Waals surface area contributed by atoms with Gasteiger partial charge in [-0.1, -0.05) is 0 Å². The average Bonchev–Trinajstić information content (AvgIpc) is 3.59. The maximum Gasteiger partial charge on any atom is -1.00 e. The zero-order valence-corrected chi connectivity index (χ0v) is 23.5. The molecule has 1 N–H and O–H groups in total. The molecule has 5 rings (SSSR count). The van der Waals surface area contributed by atoms with Gasteiger partial charge in [0.25, 0.3) is 0 Å². The Balaban J connectivity index is 0.00000320. The van der Waals surface area contributed by atoms with Gasteiger partial charge in [-0.05, 0) is 0 Å². The van der Waals surface area contributed by atoms with Gasteiger partial charge >= 0.3 is 214 Å². The van der Waals surface area contributed by atoms with E-state index in [1.165, 1.54) is 15.9 Å². The van der Waals surface area contributed by atoms with E-state index in [4.69, 9.17) is 4.74 Å². The van der Waals surface area contributed by atoms with Crippen molar-refractivity contribution in [2.45, 2.75) is 24.5 Å². The maximum atomic E-state index is 14.8. The van der Waals surface area contributed by atoms with Gasteiger partial charge in [-0.25, -0.2) is 0 Å². The van der Waals surface area contributed by atoms with Crippen LogP contribution in [-0.2, 0) is 9.53 Å². The molecule has 1 unspecified atom stereocenters. The summed E-state index contributed by atoms with van der Waals surface area (Å²) in [6.45, 7) is 5.71. The van der Waals surface area contributed by atoms with Crippen molar-refractivity contribution in [2.24, 2.45) is 0 Å². The van der Waals surface area contributed by atoms with E-state index in [2.05, 4.69) is 84.7 Å². The number of benzene rings is 3. The predicted molar refractivity (Wildman–Crippen MR) is 148 cm³/mol. The number of nitrogens with zero attached hydrogens (tertiary/aromatic N) is 1. The van der Waals surface area contributed by atoms with Crippen LogP contribution in [0.4, 0.5) is 4.79 Å². The molecular weight excluding hydrogens is 547 g/mol. The molecule has 0 bridgehead atoms. The molecule has 2 saturated heterocycles. The molecule has 37 heavy (non-hydrogen) atoms. The Morgan fingerprint density at radius 2 is 1.43 bits per heavy atom. The minimum atomic E-state index is -2.88. The molecule has 3 aromatic rings. The molecule has 0 aliphatic carbocycles. The first-order chi connectivity index (χ1) is 17.7. The van der Waals surface area contributed by atoms with E-state index in [-0.39, 0.29) is 45.7 Å². The number of quaternary nitrogens is 1. The van der Waals surface area contributed by atoms with Crippen LogP contribution in [-0.4, -0.2) is 54.4 Å². The SMILES string of the molecule is C=CCOC(=O)[N@+]1(C2CCNC2)CC[C@@H]([PH](c2ccccc2)(c2ccccc2)c2ccccc2)C1=O.[Br-]. The van der Waals surface area contributed by atoms with E-state index in [1.54, 1.807) is 6.08 Å². The molecule has 0 radical (unpaired) electrons. The van der Waals surface area contributed by atoms with E-state index in [9.17, 15) is 9.59 Å². The Bertz CT molecular complexity index is 1120. The monoisotopic (exact) mass is 580 g/mol. The van der Waals surface area contributed by atoms with Crippen molar-refractivity contribution in [1.82, 2.24) is 5.32 Å². The molecule has 0 saturated carbocycles. The molecule has 194 valence electrons. The van der Waals surface area contributed by atoms with E-state index >= 15 is 0 Å². The first kappa shape index (κ1) is 27.4. The van der Waals surface area contributed by atoms with Crippen molar-refractivity contribution in [1.29, 1.82) is 0 Å². The van der Waals surface area contributed by atoms with Crippen LogP contribution in [0.25, 0.3) is 0 Å². The number of likely N-dealkylation sites (tertiary alicyclic amines) is 1. The van der Waals surface area contributed by atoms with E-state index in [0.717, 1.165) is 13.0 Å². The molecule has 2 aliphatic heterocycles. The quantitative estimate of drug-likeness (QED) is 0.251. The van der Waals surface area contributed by atoms with Crippen LogP contribution in [0.1, 0.15) is 12.8 Å². The van der Waals surface area contributed by atoms with Crippen molar-refractivity contribution >= 4 is 35.2 Å². The number of rotatable bonds is 7. The van der Waals surface area contributed by atoms with Gasteiger partial charge in [0, 0.05) is 0 Å². The summed E-state index contributed by atoms with van der Waals surface area (Å²) in [5.41, 5.74) is -0.304. The molecule has 2 amide bonds. The molecule has 2 fully saturated rings. The Morgan fingerprint density at radius 1 is 0.919 bits per heavy atom. The first-order valence-corrected chi connectivity index (χ1v) is 14.8. The average molecular weight is 581 g/mol. The summed E-state index contributed by atoms with van der Waals surface area (Å²) < 4.78 is 5.39. The summed E-state index contributed by atoms with van der Waals surface area (Å²) in [7, 11) is -2.88. The second kappa shape index (κ2) is 11.8. The fourth-order valence-electron chi connectivity index (χ4n) is 6.41. The molecular formula is C30H34BrN2O3P. The number of hydrogen-bond acceptors (Lipinski definition) is 4. The summed E-state index contributed by atoms with van der Waals surface area (Å²) in [6, 6.07) is 31.3. The van der Waals surface area contributed by atoms with Gasteiger partial charge in [0.1, 0.15) is 0 Å². The summed E-state index contributed by atoms with van der Waals surface area (Å²) >= 11 is 0. The fraction of sp³-hybridized carbons (Fsp3) is 0.267. The normalized spacial score (nSPS) is 23.7. The molecule has 7 heteroatoms. The number of halogens is 1. The maximum absolute atomic E-state index is 14.8. The van der Waals surface area contributed by atoms with Crippen molar-refractivity contribution in [3.8, 4) is 0 Å². The number of imide groups is 1. The largest absolute Gasteiger partial charge is 1.00 e. The third-order valence-corrected chi connectivity index (χ3v) is 13.3. The van der Waals surface area contributed by atoms with E-state index in [1.807, 2.05) is 18.2 Å². The zero-order chi connectivity index (χ0) is 25.0. The van der Waals surface area contributed by atoms with Gasteiger partial charge in [0.2, 0.25) is 0 Å². The molecule has 3 atom stereocenters. The van der Waals surface area contributed by atoms with Gasteiger partial charge in [0.05, 0.1) is 0 Å². The van der Waals surface area contributed by atoms with Gasteiger partial charge in [-0.2, -0.15) is 0 Å². The number of nitrogens with one attached hydrogen (secondary N) is 1. The molecule has 5 nitrogen and oxygen atoms in total. The number of ether oxygens (including phenoxy) is 1. The van der Waals surface area contributed by atoms with Gasteiger partial charge in [-0.3, -0.25) is 0 Å². The van der Waals surface area contributed by atoms with Gasteiger partial charge in [-0.15, -0.1) is 0 Å². The van der Waals surface area contributed by atoms with Crippen LogP contribution in [0.3, 0.4) is 0 Å². The third kappa shape index (κ3) is 4.61. The smallest absolute Gasteiger partial charge is 1.00 e. The van der Waals surface area contributed by atoms with Gasteiger partial charge in [0.15, 0.2) is 0 Å². The minimum absolute atomic E-state index is 0. The van der Waals surface area contributed by atoms with Gasteiger partial charge < -0.3 is 17.0 Å². The predicted octanol–water partition coefficient (Wildman–Crippen LogP) is 0.517. The topological polar surface area (TPSA) is 55.4 Å². The van der Waals surface area contributed by atoms with Crippen LogP contribution in [0, 0.1) is 0 Å². The second-order valence-corrected chi connectivity index (χ2v) is 13.7. The second-order valence-electron chi connectivity index (χ2n) is 9.69. The summed E-state index contributed by atoms with van der Waals surface area (Å²) in [5, 5.41) is 6.92. The van der Waals surface area contributed by atoms with Crippen LogP contribution >= 0.6 is 7.26 Å². The van der Waals surface area contributed by atoms with Crippen molar-refractivity contribution in [3.05, 3.63) is 104 Å². The number of carbonyl (C=O) groups is 2. The molecule has 3 aromatic carbocycles. The van der Waals surface area contributed by atoms with E-state index < -0.39 is 13.4 Å². The van der Waals surface area contributed by atoms with Crippen LogP contribution in [0.15, 0.2) is 104 Å². The molecule has 2 heterocycles. The van der Waals surface area contributed by atoms with E-state index in [0.29, 0.717) is 19.5 Å². The summed E-state index contributed by atoms with van der Waals surface area (Å²) in [4.78, 5) is 28.5. The standard InChI is InChI=1S/C30H34N2O3P.BrH/c1-2-22-35-30(34)32(24-18-20-31-23-24)21-19-28(29(32)33)36(25-12-6-3-7-13-25,26-14-8-4-9-15-26)27-16-10-5-11-17-27;/h2-17,24,28,31,36H,1,18-23H2;1H/q+1;/p-1/t24?,28-,32+;/m1./s1. The third-order valence-electron chi connectivity index (χ3n) is 7.98. The number of amides is 2.